The van der Waals surface area contributed by atoms with Crippen LogP contribution in [0.5, 0.6) is 0 Å². The van der Waals surface area contributed by atoms with E-state index in [0.29, 0.717) is 34.6 Å². The monoisotopic (exact) mass is 537 g/mol. The third kappa shape index (κ3) is 4.40. The van der Waals surface area contributed by atoms with Gasteiger partial charge in [0.1, 0.15) is 23.0 Å². The lowest BCUT2D eigenvalue weighted by Crippen LogP contribution is -2.33. The number of hydrogen-bond acceptors (Lipinski definition) is 5. The Morgan fingerprint density at radius 3 is 2.50 bits per heavy atom. The van der Waals surface area contributed by atoms with Gasteiger partial charge in [0, 0.05) is 28.0 Å². The van der Waals surface area contributed by atoms with Crippen LogP contribution >= 0.6 is 0 Å². The van der Waals surface area contributed by atoms with Crippen LogP contribution < -0.4 is 9.77 Å². The highest BCUT2D eigenvalue weighted by Crippen LogP contribution is 2.48. The van der Waals surface area contributed by atoms with E-state index in [2.05, 4.69) is 0 Å². The van der Waals surface area contributed by atoms with Crippen molar-refractivity contribution in [3.8, 4) is 11.3 Å². The maximum Gasteiger partial charge on any atom is 0.494 e. The van der Waals surface area contributed by atoms with Crippen LogP contribution in [0.3, 0.4) is 0 Å². The molecule has 1 fully saturated rings. The Hall–Kier alpha value is -3.21. The first-order valence-corrected chi connectivity index (χ1v) is 14.4. The molecule has 0 saturated heterocycles. The van der Waals surface area contributed by atoms with Crippen molar-refractivity contribution in [1.29, 1.82) is 0 Å². The summed E-state index contributed by atoms with van der Waals surface area (Å²) < 4.78 is 67.3. The largest absolute Gasteiger partial charge is 0.494 e. The average Bonchev–Trinajstić information content (AvgIpc) is 3.55. The summed E-state index contributed by atoms with van der Waals surface area (Å²) in [4.78, 5) is 0. The highest BCUT2D eigenvalue weighted by molar-refractivity contribution is 7.92. The molecule has 0 amide bonds. The zero-order chi connectivity index (χ0) is 26.8. The summed E-state index contributed by atoms with van der Waals surface area (Å²) in [5.74, 6) is -0.121. The van der Waals surface area contributed by atoms with Crippen LogP contribution in [0.1, 0.15) is 47.9 Å². The topological polar surface area (TPSA) is 80.0 Å². The molecule has 4 aromatic rings. The number of halogens is 2. The third-order valence-corrected chi connectivity index (χ3v) is 8.46. The fourth-order valence-electron chi connectivity index (χ4n) is 5.35. The molecule has 38 heavy (non-hydrogen) atoms. The van der Waals surface area contributed by atoms with Crippen molar-refractivity contribution in [2.45, 2.75) is 45.3 Å². The molecule has 0 bridgehead atoms. The molecule has 1 saturated carbocycles. The van der Waals surface area contributed by atoms with Crippen LogP contribution in [-0.4, -0.2) is 26.8 Å². The van der Waals surface area contributed by atoms with Crippen LogP contribution in [0.4, 0.5) is 14.5 Å². The van der Waals surface area contributed by atoms with E-state index in [1.807, 2.05) is 13.0 Å². The molecule has 0 unspecified atom stereocenters. The van der Waals surface area contributed by atoms with Gasteiger partial charge in [-0.2, -0.15) is 0 Å². The average molecular weight is 537 g/mol. The molecular weight excluding hydrogens is 511 g/mol. The van der Waals surface area contributed by atoms with Crippen LogP contribution in [0.25, 0.3) is 22.3 Å². The normalized spacial score (nSPS) is 15.3. The lowest BCUT2D eigenvalue weighted by atomic mass is 9.78. The molecular formula is C28H26BF2NO5S. The fraction of sp³-hybridized carbons (Fsp3) is 0.286. The number of sulfonamides is 1. The second kappa shape index (κ2) is 9.22. The van der Waals surface area contributed by atoms with E-state index in [1.165, 1.54) is 22.5 Å². The summed E-state index contributed by atoms with van der Waals surface area (Å²) in [5.41, 5.74) is 4.71. The minimum absolute atomic E-state index is 0.0533. The number of nitrogens with zero attached hydrogens (tertiary/aromatic N) is 1. The van der Waals surface area contributed by atoms with Gasteiger partial charge in [-0.25, -0.2) is 17.2 Å². The van der Waals surface area contributed by atoms with E-state index < -0.39 is 23.0 Å². The first-order chi connectivity index (χ1) is 18.1. The summed E-state index contributed by atoms with van der Waals surface area (Å²) >= 11 is 0. The van der Waals surface area contributed by atoms with Gasteiger partial charge in [0.15, 0.2) is 0 Å². The smallest absolute Gasteiger partial charge is 0.456 e. The van der Waals surface area contributed by atoms with Crippen LogP contribution in [0, 0.1) is 11.6 Å². The molecule has 0 spiro atoms. The molecule has 3 aromatic carbocycles. The molecule has 0 atom stereocenters. The molecule has 10 heteroatoms. The fourth-order valence-corrected chi connectivity index (χ4v) is 6.25. The molecule has 1 aromatic heterocycles. The zero-order valence-corrected chi connectivity index (χ0v) is 21.8. The third-order valence-electron chi connectivity index (χ3n) is 7.33. The van der Waals surface area contributed by atoms with Crippen molar-refractivity contribution in [1.82, 2.24) is 0 Å². The molecule has 1 N–H and O–H groups in total. The highest BCUT2D eigenvalue weighted by Gasteiger charge is 2.34. The van der Waals surface area contributed by atoms with Crippen LogP contribution in [-0.2, 0) is 34.3 Å². The Bertz CT molecular complexity index is 1670. The van der Waals surface area contributed by atoms with Gasteiger partial charge >= 0.3 is 7.12 Å². The lowest BCUT2D eigenvalue weighted by Gasteiger charge is -2.25. The number of fused-ring (bicyclic) bond motifs is 2. The second-order valence-electron chi connectivity index (χ2n) is 10.0. The standard InChI is InChI=1S/C28H26BF2NO5S/c1-3-21-23-12-22(17-4-5-17)25(13-26(23)37-28(21)18-6-8-20(30)9-7-18)32(38(2,34)35)14-16-10-19-15-36-29(33)27(19)24(31)11-16/h6-13,17,33H,3-5,14-15H2,1-2H3. The van der Waals surface area contributed by atoms with E-state index in [1.54, 1.807) is 24.3 Å². The number of benzene rings is 3. The van der Waals surface area contributed by atoms with E-state index in [4.69, 9.17) is 9.07 Å². The Morgan fingerprint density at radius 2 is 1.84 bits per heavy atom. The van der Waals surface area contributed by atoms with Gasteiger partial charge in [-0.15, -0.1) is 0 Å². The molecule has 1 aliphatic carbocycles. The predicted molar refractivity (Wildman–Crippen MR) is 143 cm³/mol. The van der Waals surface area contributed by atoms with Crippen molar-refractivity contribution in [2.75, 3.05) is 10.6 Å². The Labute approximate surface area is 220 Å². The minimum atomic E-state index is -3.77. The van der Waals surface area contributed by atoms with Crippen molar-refractivity contribution >= 4 is 39.3 Å². The first-order valence-electron chi connectivity index (χ1n) is 12.6. The Balaban J connectivity index is 1.49. The van der Waals surface area contributed by atoms with Gasteiger partial charge in [0.25, 0.3) is 0 Å². The summed E-state index contributed by atoms with van der Waals surface area (Å²) in [5, 5.41) is 10.8. The van der Waals surface area contributed by atoms with Gasteiger partial charge in [0.05, 0.1) is 25.1 Å². The highest BCUT2D eigenvalue weighted by atomic mass is 32.2. The minimum Gasteiger partial charge on any atom is -0.456 e. The van der Waals surface area contributed by atoms with E-state index >= 15 is 0 Å². The van der Waals surface area contributed by atoms with Crippen molar-refractivity contribution < 1.29 is 31.3 Å². The van der Waals surface area contributed by atoms with E-state index in [-0.39, 0.29) is 30.3 Å². The molecule has 196 valence electrons. The number of anilines is 1. The number of furan rings is 1. The SMILES string of the molecule is CCc1c(-c2ccc(F)cc2)oc2cc(N(Cc3cc(F)c4c(c3)COB4O)S(C)(=O)=O)c(C3CC3)cc12. The van der Waals surface area contributed by atoms with Crippen molar-refractivity contribution in [3.05, 3.63) is 82.4 Å². The first kappa shape index (κ1) is 25.1. The quantitative estimate of drug-likeness (QED) is 0.336. The predicted octanol–water partition coefficient (Wildman–Crippen LogP) is 5.00. The molecule has 2 aliphatic rings. The van der Waals surface area contributed by atoms with E-state index in [0.717, 1.165) is 41.2 Å². The Kier molecular flexibility index (Phi) is 6.09. The molecule has 2 heterocycles. The van der Waals surface area contributed by atoms with Crippen molar-refractivity contribution in [3.63, 3.8) is 0 Å². The number of hydrogen-bond donors (Lipinski definition) is 1. The number of rotatable bonds is 7. The molecule has 6 nitrogen and oxygen atoms in total. The molecule has 6 rings (SSSR count). The summed E-state index contributed by atoms with van der Waals surface area (Å²) in [6, 6.07) is 12.8. The summed E-state index contributed by atoms with van der Waals surface area (Å²) in [6.45, 7) is 1.99. The van der Waals surface area contributed by atoms with Crippen molar-refractivity contribution in [2.24, 2.45) is 0 Å². The maximum absolute atomic E-state index is 14.8. The van der Waals surface area contributed by atoms with Gasteiger partial charge in [-0.3, -0.25) is 4.31 Å². The van der Waals surface area contributed by atoms with Gasteiger partial charge in [-0.05, 0) is 78.3 Å². The van der Waals surface area contributed by atoms with Crippen LogP contribution in [0.15, 0.2) is 52.9 Å². The van der Waals surface area contributed by atoms with Crippen LogP contribution in [0.2, 0.25) is 0 Å². The Morgan fingerprint density at radius 1 is 1.11 bits per heavy atom. The number of aryl methyl sites for hydroxylation is 1. The van der Waals surface area contributed by atoms with Gasteiger partial charge in [-0.1, -0.05) is 13.0 Å². The van der Waals surface area contributed by atoms with Gasteiger partial charge in [0.2, 0.25) is 10.0 Å². The van der Waals surface area contributed by atoms with E-state index in [9.17, 15) is 22.2 Å². The summed E-state index contributed by atoms with van der Waals surface area (Å²) in [7, 11) is -5.09. The molecule has 1 aliphatic heterocycles. The molecule has 0 radical (unpaired) electrons. The second-order valence-corrected chi connectivity index (χ2v) is 11.9. The maximum atomic E-state index is 14.8. The van der Waals surface area contributed by atoms with Gasteiger partial charge < -0.3 is 14.1 Å². The lowest BCUT2D eigenvalue weighted by molar-refractivity contribution is 0.275. The summed E-state index contributed by atoms with van der Waals surface area (Å²) in [6.07, 6.45) is 3.71. The zero-order valence-electron chi connectivity index (χ0n) is 21.0.